The van der Waals surface area contributed by atoms with Gasteiger partial charge in [-0.1, -0.05) is 18.2 Å². The second-order valence-corrected chi connectivity index (χ2v) is 11.1. The minimum atomic E-state index is -0.810. The Balaban J connectivity index is 1.51. The minimum Gasteiger partial charge on any atom is -0.480 e. The van der Waals surface area contributed by atoms with Crippen molar-refractivity contribution in [2.75, 3.05) is 92.6 Å². The number of hydrogen-bond acceptors (Lipinski definition) is 6. The lowest BCUT2D eigenvalue weighted by Crippen LogP contribution is -2.47. The van der Waals surface area contributed by atoms with Crippen molar-refractivity contribution in [1.29, 1.82) is 0 Å². The van der Waals surface area contributed by atoms with Gasteiger partial charge in [0.1, 0.15) is 0 Å². The lowest BCUT2D eigenvalue weighted by Gasteiger charge is -2.31. The van der Waals surface area contributed by atoms with Crippen LogP contribution in [-0.2, 0) is 15.0 Å². The average molecular weight is 516 g/mol. The first-order chi connectivity index (χ1) is 17.6. The molecule has 0 spiro atoms. The SMILES string of the molecule is CC1=[N+](CCCNC(=O)CN2CCN(C)CCN(C)CCN(CC(=O)O)CC2)c2ccccc2C1(C)C. The van der Waals surface area contributed by atoms with Crippen molar-refractivity contribution >= 4 is 23.3 Å². The number of benzene rings is 1. The van der Waals surface area contributed by atoms with E-state index in [4.69, 9.17) is 0 Å². The number of carboxylic acid groups (broad SMARTS) is 1. The van der Waals surface area contributed by atoms with Crippen LogP contribution >= 0.6 is 0 Å². The van der Waals surface area contributed by atoms with E-state index in [0.717, 1.165) is 45.7 Å². The lowest BCUT2D eigenvalue weighted by molar-refractivity contribution is -0.439. The first-order valence-electron chi connectivity index (χ1n) is 13.6. The molecule has 2 aliphatic heterocycles. The number of hydrogen-bond donors (Lipinski definition) is 2. The Bertz CT molecular complexity index is 963. The zero-order chi connectivity index (χ0) is 27.0. The van der Waals surface area contributed by atoms with Gasteiger partial charge in [0, 0.05) is 83.9 Å². The van der Waals surface area contributed by atoms with Gasteiger partial charge in [-0.05, 0) is 27.9 Å². The summed E-state index contributed by atoms with van der Waals surface area (Å²) >= 11 is 0. The molecule has 1 aromatic rings. The Morgan fingerprint density at radius 2 is 1.46 bits per heavy atom. The van der Waals surface area contributed by atoms with E-state index in [9.17, 15) is 14.7 Å². The number of aliphatic carboxylic acids is 1. The summed E-state index contributed by atoms with van der Waals surface area (Å²) in [4.78, 5) is 32.9. The predicted octanol–water partition coefficient (Wildman–Crippen LogP) is 1.15. The second-order valence-electron chi connectivity index (χ2n) is 11.1. The Morgan fingerprint density at radius 1 is 0.919 bits per heavy atom. The van der Waals surface area contributed by atoms with Gasteiger partial charge >= 0.3 is 5.97 Å². The standard InChI is InChI=1S/C28H46N6O3/c1-23-28(2,3)24-9-6-7-10-25(24)34(23)12-8-11-29-26(35)21-32-17-15-30(4)13-14-31(5)16-18-33(20-19-32)22-27(36)37/h6-7,9-10H,8,11-22H2,1-5H3,(H-,29,35,36,37)/p+1. The van der Waals surface area contributed by atoms with Gasteiger partial charge in [0.15, 0.2) is 12.3 Å². The van der Waals surface area contributed by atoms with Crippen molar-refractivity contribution in [1.82, 2.24) is 24.9 Å². The van der Waals surface area contributed by atoms with Crippen LogP contribution in [0.5, 0.6) is 0 Å². The summed E-state index contributed by atoms with van der Waals surface area (Å²) in [6.07, 6.45) is 0.871. The van der Waals surface area contributed by atoms with Crippen molar-refractivity contribution in [2.24, 2.45) is 0 Å². The van der Waals surface area contributed by atoms with Gasteiger partial charge in [0.25, 0.3) is 0 Å². The van der Waals surface area contributed by atoms with Crippen molar-refractivity contribution in [2.45, 2.75) is 32.6 Å². The van der Waals surface area contributed by atoms with E-state index >= 15 is 0 Å². The summed E-state index contributed by atoms with van der Waals surface area (Å²) in [5, 5.41) is 12.4. The van der Waals surface area contributed by atoms with Crippen LogP contribution in [0.2, 0.25) is 0 Å². The van der Waals surface area contributed by atoms with Crippen molar-refractivity contribution in [3.8, 4) is 0 Å². The largest absolute Gasteiger partial charge is 0.480 e. The van der Waals surface area contributed by atoms with Crippen molar-refractivity contribution < 1.29 is 19.3 Å². The van der Waals surface area contributed by atoms with Crippen molar-refractivity contribution in [3.63, 3.8) is 0 Å². The van der Waals surface area contributed by atoms with Crippen LogP contribution in [0.25, 0.3) is 0 Å². The molecule has 37 heavy (non-hydrogen) atoms. The van der Waals surface area contributed by atoms with E-state index in [-0.39, 0.29) is 17.9 Å². The number of carbonyl (C=O) groups excluding carboxylic acids is 1. The van der Waals surface area contributed by atoms with Crippen LogP contribution < -0.4 is 5.32 Å². The Hall–Kier alpha value is -2.33. The highest BCUT2D eigenvalue weighted by Gasteiger charge is 2.42. The highest BCUT2D eigenvalue weighted by atomic mass is 16.4. The van der Waals surface area contributed by atoms with Crippen LogP contribution in [0.3, 0.4) is 0 Å². The molecule has 0 atom stereocenters. The fourth-order valence-electron chi connectivity index (χ4n) is 5.17. The minimum absolute atomic E-state index is 0.0257. The lowest BCUT2D eigenvalue weighted by atomic mass is 9.82. The zero-order valence-corrected chi connectivity index (χ0v) is 23.5. The molecule has 1 amide bonds. The molecule has 1 saturated heterocycles. The van der Waals surface area contributed by atoms with E-state index in [1.807, 2.05) is 4.90 Å². The maximum atomic E-state index is 12.8. The first-order valence-corrected chi connectivity index (χ1v) is 13.6. The highest BCUT2D eigenvalue weighted by Crippen LogP contribution is 2.39. The molecule has 0 unspecified atom stereocenters. The number of carboxylic acids is 1. The van der Waals surface area contributed by atoms with Gasteiger partial charge in [-0.2, -0.15) is 4.58 Å². The van der Waals surface area contributed by atoms with Crippen LogP contribution in [0.15, 0.2) is 24.3 Å². The van der Waals surface area contributed by atoms with E-state index < -0.39 is 5.97 Å². The fourth-order valence-corrected chi connectivity index (χ4v) is 5.17. The van der Waals surface area contributed by atoms with Gasteiger partial charge in [-0.3, -0.25) is 19.4 Å². The molecule has 0 radical (unpaired) electrons. The average Bonchev–Trinajstić information content (AvgIpc) is 3.04. The number of fused-ring (bicyclic) bond motifs is 1. The summed E-state index contributed by atoms with van der Waals surface area (Å²) in [5.41, 5.74) is 4.01. The number of nitrogens with zero attached hydrogens (tertiary/aromatic N) is 5. The summed E-state index contributed by atoms with van der Waals surface area (Å²) in [7, 11) is 4.20. The quantitative estimate of drug-likeness (QED) is 0.397. The van der Waals surface area contributed by atoms with Gasteiger partial charge < -0.3 is 20.2 Å². The maximum absolute atomic E-state index is 12.8. The molecule has 1 fully saturated rings. The van der Waals surface area contributed by atoms with E-state index in [2.05, 4.69) is 83.7 Å². The molecular formula is C28H47N6O3+. The van der Waals surface area contributed by atoms with E-state index in [0.29, 0.717) is 32.7 Å². The van der Waals surface area contributed by atoms with E-state index in [1.165, 1.54) is 17.0 Å². The molecule has 2 aliphatic rings. The van der Waals surface area contributed by atoms with Crippen LogP contribution in [0.4, 0.5) is 5.69 Å². The van der Waals surface area contributed by atoms with Crippen LogP contribution in [0, 0.1) is 0 Å². The first kappa shape index (κ1) is 29.2. The maximum Gasteiger partial charge on any atom is 0.317 e. The molecule has 9 nitrogen and oxygen atoms in total. The summed E-state index contributed by atoms with van der Waals surface area (Å²) in [6, 6.07) is 8.59. The molecule has 9 heteroatoms. The number of amides is 1. The molecule has 1 aromatic carbocycles. The Morgan fingerprint density at radius 3 is 2.08 bits per heavy atom. The Kier molecular flexibility index (Phi) is 10.6. The van der Waals surface area contributed by atoms with Gasteiger partial charge in [-0.25, -0.2) is 0 Å². The van der Waals surface area contributed by atoms with Crippen LogP contribution in [-0.4, -0.2) is 140 Å². The normalized spacial score (nSPS) is 20.8. The number of carbonyl (C=O) groups is 2. The number of rotatable bonds is 8. The van der Waals surface area contributed by atoms with Gasteiger partial charge in [0.05, 0.1) is 18.5 Å². The van der Waals surface area contributed by atoms with Gasteiger partial charge in [-0.15, -0.1) is 0 Å². The molecular weight excluding hydrogens is 468 g/mol. The summed E-state index contributed by atoms with van der Waals surface area (Å²) in [5.74, 6) is -0.780. The molecule has 0 aliphatic carbocycles. The number of nitrogens with one attached hydrogen (secondary N) is 1. The zero-order valence-electron chi connectivity index (χ0n) is 23.5. The third-order valence-electron chi connectivity index (χ3n) is 7.98. The van der Waals surface area contributed by atoms with Crippen LogP contribution in [0.1, 0.15) is 32.8 Å². The molecule has 206 valence electrons. The molecule has 2 heterocycles. The Labute approximate surface area is 222 Å². The fraction of sp³-hybridized carbons (Fsp3) is 0.679. The highest BCUT2D eigenvalue weighted by molar-refractivity contribution is 5.93. The molecule has 3 rings (SSSR count). The summed E-state index contributed by atoms with van der Waals surface area (Å²) < 4.78 is 2.39. The number of para-hydroxylation sites is 1. The molecule has 0 aromatic heterocycles. The smallest absolute Gasteiger partial charge is 0.317 e. The predicted molar refractivity (Wildman–Crippen MR) is 148 cm³/mol. The van der Waals surface area contributed by atoms with Gasteiger partial charge in [0.2, 0.25) is 11.6 Å². The molecule has 0 saturated carbocycles. The number of likely N-dealkylation sites (N-methyl/N-ethyl adjacent to an activating group) is 2. The molecule has 2 N–H and O–H groups in total. The third-order valence-corrected chi connectivity index (χ3v) is 7.98. The van der Waals surface area contributed by atoms with Crippen molar-refractivity contribution in [3.05, 3.63) is 29.8 Å². The topological polar surface area (TPSA) is 82.4 Å². The third kappa shape index (κ3) is 8.33. The van der Waals surface area contributed by atoms with E-state index in [1.54, 1.807) is 0 Å². The second kappa shape index (κ2) is 13.5. The summed E-state index contributed by atoms with van der Waals surface area (Å²) in [6.45, 7) is 15.0. The molecule has 0 bridgehead atoms. The monoisotopic (exact) mass is 515 g/mol.